The van der Waals surface area contributed by atoms with Crippen molar-refractivity contribution < 1.29 is 43.6 Å². The number of carboxylic acid groups (broad SMARTS) is 2. The van der Waals surface area contributed by atoms with Crippen molar-refractivity contribution in [3.8, 4) is 0 Å². The van der Waals surface area contributed by atoms with E-state index in [-0.39, 0.29) is 0 Å². The van der Waals surface area contributed by atoms with Gasteiger partial charge in [0.05, 0.1) is 12.5 Å². The van der Waals surface area contributed by atoms with Gasteiger partial charge < -0.3 is 24.4 Å². The number of rotatable bonds is 6. The van der Waals surface area contributed by atoms with Crippen LogP contribution in [0.1, 0.15) is 0 Å². The second-order valence-corrected chi connectivity index (χ2v) is 3.91. The summed E-state index contributed by atoms with van der Waals surface area (Å²) in [6.07, 6.45) is -2.17. The van der Waals surface area contributed by atoms with Gasteiger partial charge in [-0.05, 0) is 0 Å². The summed E-state index contributed by atoms with van der Waals surface area (Å²) in [4.78, 5) is 45.7. The van der Waals surface area contributed by atoms with Crippen LogP contribution in [0, 0.1) is 11.8 Å². The number of hydrogen-bond acceptors (Lipinski definition) is 7. The van der Waals surface area contributed by atoms with Crippen LogP contribution in [0.25, 0.3) is 0 Å². The predicted octanol–water partition coefficient (Wildman–Crippen LogP) is -0.471. The van der Waals surface area contributed by atoms with E-state index in [1.165, 1.54) is 0 Å². The first-order valence-corrected chi connectivity index (χ1v) is 5.59. The number of carbonyl (C=O) groups is 4. The van der Waals surface area contributed by atoms with Crippen molar-refractivity contribution in [2.45, 2.75) is 12.2 Å². The summed E-state index contributed by atoms with van der Waals surface area (Å²) >= 11 is 0. The molecule has 1 fully saturated rings. The Bertz CT molecular complexity index is 495. The van der Waals surface area contributed by atoms with Gasteiger partial charge in [0.2, 0.25) is 0 Å². The largest absolute Gasteiger partial charge is 0.481 e. The van der Waals surface area contributed by atoms with Crippen LogP contribution in [0.4, 0.5) is 0 Å². The molecule has 0 saturated carbocycles. The van der Waals surface area contributed by atoms with E-state index in [2.05, 4.69) is 22.6 Å². The minimum Gasteiger partial charge on any atom is -0.481 e. The van der Waals surface area contributed by atoms with Gasteiger partial charge in [-0.3, -0.25) is 9.59 Å². The maximum Gasteiger partial charge on any atom is 0.341 e. The van der Waals surface area contributed by atoms with E-state index in [1.807, 2.05) is 0 Å². The molecule has 4 unspecified atom stereocenters. The van der Waals surface area contributed by atoms with E-state index < -0.39 is 47.9 Å². The van der Waals surface area contributed by atoms with Crippen molar-refractivity contribution in [2.24, 2.45) is 11.8 Å². The highest BCUT2D eigenvalue weighted by atomic mass is 16.6. The highest BCUT2D eigenvalue weighted by Crippen LogP contribution is 2.35. The van der Waals surface area contributed by atoms with Crippen LogP contribution < -0.4 is 0 Å². The van der Waals surface area contributed by atoms with Gasteiger partial charge in [0.25, 0.3) is 0 Å². The molecule has 9 nitrogen and oxygen atoms in total. The highest BCUT2D eigenvalue weighted by Gasteiger charge is 2.58. The van der Waals surface area contributed by atoms with E-state index in [9.17, 15) is 19.2 Å². The Morgan fingerprint density at radius 3 is 1.81 bits per heavy atom. The fourth-order valence-corrected chi connectivity index (χ4v) is 1.98. The lowest BCUT2D eigenvalue weighted by atomic mass is 9.87. The molecule has 1 aliphatic rings. The van der Waals surface area contributed by atoms with Crippen LogP contribution in [-0.2, 0) is 33.4 Å². The van der Waals surface area contributed by atoms with Crippen molar-refractivity contribution in [1.29, 1.82) is 0 Å². The standard InChI is InChI=1S/C12H12O9/c1-3-19-11(17)6-5(9(13)14)7(10(15)16)21-8(6)12(18)20-4-2/h3-8H,1-2H2,(H,13,14)(H,15,16). The van der Waals surface area contributed by atoms with Crippen molar-refractivity contribution >= 4 is 23.9 Å². The summed E-state index contributed by atoms with van der Waals surface area (Å²) in [5.41, 5.74) is 0. The van der Waals surface area contributed by atoms with Crippen molar-refractivity contribution in [3.63, 3.8) is 0 Å². The molecule has 21 heavy (non-hydrogen) atoms. The van der Waals surface area contributed by atoms with Gasteiger partial charge in [-0.25, -0.2) is 9.59 Å². The number of hydrogen-bond donors (Lipinski definition) is 2. The predicted molar refractivity (Wildman–Crippen MR) is 63.5 cm³/mol. The Morgan fingerprint density at radius 2 is 1.38 bits per heavy atom. The van der Waals surface area contributed by atoms with Crippen molar-refractivity contribution in [1.82, 2.24) is 0 Å². The van der Waals surface area contributed by atoms with Crippen LogP contribution in [0.3, 0.4) is 0 Å². The van der Waals surface area contributed by atoms with Crippen molar-refractivity contribution in [2.75, 3.05) is 0 Å². The fourth-order valence-electron chi connectivity index (χ4n) is 1.98. The van der Waals surface area contributed by atoms with E-state index in [1.54, 1.807) is 0 Å². The zero-order valence-electron chi connectivity index (χ0n) is 10.6. The molecule has 1 saturated heterocycles. The molecule has 114 valence electrons. The monoisotopic (exact) mass is 300 g/mol. The normalized spacial score (nSPS) is 27.4. The molecule has 0 aromatic carbocycles. The molecule has 0 aromatic heterocycles. The quantitative estimate of drug-likeness (QED) is 0.492. The van der Waals surface area contributed by atoms with E-state index in [0.29, 0.717) is 0 Å². The smallest absolute Gasteiger partial charge is 0.341 e. The van der Waals surface area contributed by atoms with Crippen molar-refractivity contribution in [3.05, 3.63) is 25.7 Å². The number of aliphatic carboxylic acids is 2. The molecule has 1 rings (SSSR count). The summed E-state index contributed by atoms with van der Waals surface area (Å²) in [5.74, 6) is -9.06. The Labute approximate surface area is 118 Å². The van der Waals surface area contributed by atoms with Gasteiger partial charge in [-0.15, -0.1) is 0 Å². The summed E-state index contributed by atoms with van der Waals surface area (Å²) in [6.45, 7) is 6.25. The molecule has 0 bridgehead atoms. The van der Waals surface area contributed by atoms with Crippen LogP contribution in [-0.4, -0.2) is 46.3 Å². The third-order valence-corrected chi connectivity index (χ3v) is 2.76. The molecule has 9 heteroatoms. The zero-order chi connectivity index (χ0) is 16.2. The molecular weight excluding hydrogens is 288 g/mol. The summed E-state index contributed by atoms with van der Waals surface area (Å²) in [5, 5.41) is 18.1. The molecule has 0 aliphatic carbocycles. The maximum absolute atomic E-state index is 11.8. The fraction of sp³-hybridized carbons (Fsp3) is 0.333. The molecule has 1 aliphatic heterocycles. The SMILES string of the molecule is C=COC(=O)C1OC(C(=O)O)C(C(=O)O)C1C(=O)OC=C. The first kappa shape index (κ1) is 16.4. The molecular formula is C12H12O9. The number of esters is 2. The zero-order valence-corrected chi connectivity index (χ0v) is 10.6. The first-order chi connectivity index (χ1) is 9.84. The molecule has 2 N–H and O–H groups in total. The second kappa shape index (κ2) is 6.66. The topological polar surface area (TPSA) is 136 Å². The third kappa shape index (κ3) is 3.26. The Hall–Kier alpha value is -2.68. The molecule has 4 atom stereocenters. The Morgan fingerprint density at radius 1 is 0.857 bits per heavy atom. The van der Waals surface area contributed by atoms with Gasteiger partial charge in [0.15, 0.2) is 12.2 Å². The van der Waals surface area contributed by atoms with E-state index in [4.69, 9.17) is 14.9 Å². The van der Waals surface area contributed by atoms with Crippen LogP contribution in [0.2, 0.25) is 0 Å². The lowest BCUT2D eigenvalue weighted by Crippen LogP contribution is -2.39. The molecule has 0 aromatic rings. The van der Waals surface area contributed by atoms with Gasteiger partial charge >= 0.3 is 23.9 Å². The second-order valence-electron chi connectivity index (χ2n) is 3.91. The van der Waals surface area contributed by atoms with Crippen LogP contribution >= 0.6 is 0 Å². The number of carboxylic acids is 2. The molecule has 0 spiro atoms. The summed E-state index contributed by atoms with van der Waals surface area (Å²) < 4.78 is 13.7. The van der Waals surface area contributed by atoms with E-state index >= 15 is 0 Å². The minimum absolute atomic E-state index is 0.727. The summed E-state index contributed by atoms with van der Waals surface area (Å²) in [7, 11) is 0. The Kier molecular flexibility index (Phi) is 5.19. The number of ether oxygens (including phenoxy) is 3. The highest BCUT2D eigenvalue weighted by molar-refractivity contribution is 5.93. The average Bonchev–Trinajstić information content (AvgIpc) is 2.79. The maximum atomic E-state index is 11.8. The van der Waals surface area contributed by atoms with Gasteiger partial charge in [0, 0.05) is 0 Å². The Balaban J connectivity index is 3.22. The van der Waals surface area contributed by atoms with Gasteiger partial charge in [-0.2, -0.15) is 0 Å². The lowest BCUT2D eigenvalue weighted by molar-refractivity contribution is -0.163. The van der Waals surface area contributed by atoms with Crippen LogP contribution in [0.5, 0.6) is 0 Å². The lowest BCUT2D eigenvalue weighted by Gasteiger charge is -2.16. The number of carbonyl (C=O) groups excluding carboxylic acids is 2. The average molecular weight is 300 g/mol. The first-order valence-electron chi connectivity index (χ1n) is 5.59. The molecule has 0 radical (unpaired) electrons. The van der Waals surface area contributed by atoms with Gasteiger partial charge in [0.1, 0.15) is 11.8 Å². The van der Waals surface area contributed by atoms with Gasteiger partial charge in [-0.1, -0.05) is 13.2 Å². The minimum atomic E-state index is -1.90. The molecule has 0 amide bonds. The third-order valence-electron chi connectivity index (χ3n) is 2.76. The van der Waals surface area contributed by atoms with Crippen LogP contribution in [0.15, 0.2) is 25.7 Å². The molecule has 1 heterocycles. The summed E-state index contributed by atoms with van der Waals surface area (Å²) in [6, 6.07) is 0. The van der Waals surface area contributed by atoms with E-state index in [0.717, 1.165) is 12.5 Å².